The SMILES string of the molecule is Cc1sc2ncnc(NC3CCC(NC(=O)OC(C)(C)C)CC3)c2c1C. The Hall–Kier alpha value is -1.89. The van der Waals surface area contributed by atoms with Crippen molar-refractivity contribution in [1.82, 2.24) is 15.3 Å². The Kier molecular flexibility index (Phi) is 5.37. The number of nitrogens with zero attached hydrogens (tertiary/aromatic N) is 2. The zero-order valence-electron chi connectivity index (χ0n) is 16.2. The van der Waals surface area contributed by atoms with Crippen molar-refractivity contribution in [2.45, 2.75) is 78.0 Å². The molecule has 0 aromatic carbocycles. The third-order valence-corrected chi connectivity index (χ3v) is 5.87. The summed E-state index contributed by atoms with van der Waals surface area (Å²) in [5.74, 6) is 0.931. The van der Waals surface area contributed by atoms with Gasteiger partial charge in [-0.15, -0.1) is 11.3 Å². The molecule has 6 nitrogen and oxygen atoms in total. The molecule has 7 heteroatoms. The first-order chi connectivity index (χ1) is 12.2. The van der Waals surface area contributed by atoms with E-state index in [0.717, 1.165) is 41.7 Å². The van der Waals surface area contributed by atoms with Gasteiger partial charge in [-0.1, -0.05) is 0 Å². The van der Waals surface area contributed by atoms with Gasteiger partial charge in [0.15, 0.2) is 0 Å². The highest BCUT2D eigenvalue weighted by Crippen LogP contribution is 2.33. The third-order valence-electron chi connectivity index (χ3n) is 4.75. The Morgan fingerprint density at radius 1 is 1.15 bits per heavy atom. The number of nitrogens with one attached hydrogen (secondary N) is 2. The Bertz CT molecular complexity index is 789. The summed E-state index contributed by atoms with van der Waals surface area (Å²) in [6.45, 7) is 9.89. The summed E-state index contributed by atoms with van der Waals surface area (Å²) in [4.78, 5) is 23.1. The van der Waals surface area contributed by atoms with Gasteiger partial charge in [-0.05, 0) is 65.9 Å². The van der Waals surface area contributed by atoms with Crippen molar-refractivity contribution in [1.29, 1.82) is 0 Å². The molecule has 3 rings (SSSR count). The van der Waals surface area contributed by atoms with Gasteiger partial charge in [0.1, 0.15) is 22.6 Å². The predicted molar refractivity (Wildman–Crippen MR) is 106 cm³/mol. The van der Waals surface area contributed by atoms with Crippen molar-refractivity contribution in [3.63, 3.8) is 0 Å². The van der Waals surface area contributed by atoms with Crippen molar-refractivity contribution < 1.29 is 9.53 Å². The minimum atomic E-state index is -0.461. The van der Waals surface area contributed by atoms with E-state index in [4.69, 9.17) is 4.74 Å². The summed E-state index contributed by atoms with van der Waals surface area (Å²) in [6, 6.07) is 0.544. The average Bonchev–Trinajstić information content (AvgIpc) is 2.83. The van der Waals surface area contributed by atoms with Crippen LogP contribution in [0.5, 0.6) is 0 Å². The van der Waals surface area contributed by atoms with Crippen LogP contribution in [0.15, 0.2) is 6.33 Å². The lowest BCUT2D eigenvalue weighted by atomic mass is 9.91. The maximum absolute atomic E-state index is 11.9. The van der Waals surface area contributed by atoms with E-state index >= 15 is 0 Å². The van der Waals surface area contributed by atoms with Gasteiger partial charge in [-0.2, -0.15) is 0 Å². The first kappa shape index (κ1) is 18.9. The molecule has 1 fully saturated rings. The predicted octanol–water partition coefficient (Wildman–Crippen LogP) is 4.56. The number of carbonyl (C=O) groups is 1. The summed E-state index contributed by atoms with van der Waals surface area (Å²) < 4.78 is 5.35. The smallest absolute Gasteiger partial charge is 0.407 e. The van der Waals surface area contributed by atoms with Crippen molar-refractivity contribution in [3.8, 4) is 0 Å². The second kappa shape index (κ2) is 7.39. The van der Waals surface area contributed by atoms with Crippen molar-refractivity contribution in [3.05, 3.63) is 16.8 Å². The number of carbonyl (C=O) groups excluding carboxylic acids is 1. The topological polar surface area (TPSA) is 76.1 Å². The van der Waals surface area contributed by atoms with Crippen LogP contribution in [-0.2, 0) is 4.74 Å². The molecule has 0 aliphatic heterocycles. The minimum Gasteiger partial charge on any atom is -0.444 e. The summed E-state index contributed by atoms with van der Waals surface area (Å²) in [5.41, 5.74) is 0.797. The molecule has 2 heterocycles. The van der Waals surface area contributed by atoms with Gasteiger partial charge in [0.2, 0.25) is 0 Å². The van der Waals surface area contributed by atoms with Crippen LogP contribution in [0.4, 0.5) is 10.6 Å². The molecule has 1 amide bonds. The van der Waals surface area contributed by atoms with Crippen LogP contribution in [0.25, 0.3) is 10.2 Å². The second-order valence-corrected chi connectivity index (χ2v) is 9.23. The fraction of sp³-hybridized carbons (Fsp3) is 0.632. The molecule has 2 N–H and O–H groups in total. The van der Waals surface area contributed by atoms with E-state index in [0.29, 0.717) is 6.04 Å². The van der Waals surface area contributed by atoms with Crippen LogP contribution >= 0.6 is 11.3 Å². The summed E-state index contributed by atoms with van der Waals surface area (Å²) in [7, 11) is 0. The Morgan fingerprint density at radius 3 is 2.46 bits per heavy atom. The monoisotopic (exact) mass is 376 g/mol. The molecule has 2 aromatic rings. The average molecular weight is 377 g/mol. The number of aromatic nitrogens is 2. The van der Waals surface area contributed by atoms with Crippen molar-refractivity contribution in [2.75, 3.05) is 5.32 Å². The lowest BCUT2D eigenvalue weighted by Crippen LogP contribution is -2.42. The molecular formula is C19H28N4O2S. The van der Waals surface area contributed by atoms with Crippen LogP contribution in [-0.4, -0.2) is 33.7 Å². The van der Waals surface area contributed by atoms with E-state index in [1.165, 1.54) is 10.4 Å². The number of hydrogen-bond acceptors (Lipinski definition) is 6. The molecule has 0 atom stereocenters. The molecule has 26 heavy (non-hydrogen) atoms. The minimum absolute atomic E-state index is 0.179. The van der Waals surface area contributed by atoms with Crippen LogP contribution in [0.1, 0.15) is 56.9 Å². The fourth-order valence-electron chi connectivity index (χ4n) is 3.34. The first-order valence-corrected chi connectivity index (χ1v) is 10.0. The van der Waals surface area contributed by atoms with Crippen molar-refractivity contribution >= 4 is 33.5 Å². The summed E-state index contributed by atoms with van der Waals surface area (Å²) >= 11 is 1.71. The van der Waals surface area contributed by atoms with E-state index in [1.54, 1.807) is 17.7 Å². The second-order valence-electron chi connectivity index (χ2n) is 8.02. The Balaban J connectivity index is 1.57. The van der Waals surface area contributed by atoms with Crippen LogP contribution in [0, 0.1) is 13.8 Å². The van der Waals surface area contributed by atoms with Crippen LogP contribution in [0.2, 0.25) is 0 Å². The van der Waals surface area contributed by atoms with Crippen molar-refractivity contribution in [2.24, 2.45) is 0 Å². The Labute approximate surface area is 158 Å². The van der Waals surface area contributed by atoms with E-state index in [9.17, 15) is 4.79 Å². The van der Waals surface area contributed by atoms with Gasteiger partial charge in [0.05, 0.1) is 5.39 Å². The lowest BCUT2D eigenvalue weighted by Gasteiger charge is -2.30. The zero-order valence-corrected chi connectivity index (χ0v) is 17.0. The maximum Gasteiger partial charge on any atom is 0.407 e. The standard InChI is InChI=1S/C19H28N4O2S/c1-11-12(2)26-17-15(11)16(20-10-21-17)22-13-6-8-14(9-7-13)23-18(24)25-19(3,4)5/h10,13-14H,6-9H2,1-5H3,(H,23,24)(H,20,21,22). The van der Waals surface area contributed by atoms with Gasteiger partial charge >= 0.3 is 6.09 Å². The highest BCUT2D eigenvalue weighted by Gasteiger charge is 2.25. The summed E-state index contributed by atoms with van der Waals surface area (Å²) in [5, 5.41) is 7.73. The largest absolute Gasteiger partial charge is 0.444 e. The molecule has 0 unspecified atom stereocenters. The number of alkyl carbamates (subject to hydrolysis) is 1. The lowest BCUT2D eigenvalue weighted by molar-refractivity contribution is 0.0492. The molecule has 1 aliphatic carbocycles. The normalized spacial score (nSPS) is 20.8. The molecule has 1 aliphatic rings. The molecule has 1 saturated carbocycles. The number of ether oxygens (including phenoxy) is 1. The van der Waals surface area contributed by atoms with Gasteiger partial charge in [-0.3, -0.25) is 0 Å². The number of aryl methyl sites for hydroxylation is 2. The molecule has 0 spiro atoms. The van der Waals surface area contributed by atoms with E-state index in [2.05, 4.69) is 34.4 Å². The van der Waals surface area contributed by atoms with Gasteiger partial charge in [-0.25, -0.2) is 14.8 Å². The van der Waals surface area contributed by atoms with E-state index in [-0.39, 0.29) is 12.1 Å². The molecule has 2 aromatic heterocycles. The first-order valence-electron chi connectivity index (χ1n) is 9.19. The maximum atomic E-state index is 11.9. The van der Waals surface area contributed by atoms with Crippen LogP contribution < -0.4 is 10.6 Å². The number of fused-ring (bicyclic) bond motifs is 1. The number of anilines is 1. The molecule has 0 radical (unpaired) electrons. The van der Waals surface area contributed by atoms with Gasteiger partial charge in [0.25, 0.3) is 0 Å². The quantitative estimate of drug-likeness (QED) is 0.821. The van der Waals surface area contributed by atoms with Crippen LogP contribution in [0.3, 0.4) is 0 Å². The molecule has 0 saturated heterocycles. The summed E-state index contributed by atoms with van der Waals surface area (Å²) in [6.07, 6.45) is 5.17. The molecular weight excluding hydrogens is 348 g/mol. The van der Waals surface area contributed by atoms with E-state index in [1.807, 2.05) is 20.8 Å². The number of hydrogen-bond donors (Lipinski definition) is 2. The fourth-order valence-corrected chi connectivity index (χ4v) is 4.34. The van der Waals surface area contributed by atoms with Gasteiger partial charge < -0.3 is 15.4 Å². The number of rotatable bonds is 3. The number of amides is 1. The third kappa shape index (κ3) is 4.44. The highest BCUT2D eigenvalue weighted by atomic mass is 32.1. The van der Waals surface area contributed by atoms with E-state index < -0.39 is 5.60 Å². The molecule has 142 valence electrons. The zero-order chi connectivity index (χ0) is 18.9. The highest BCUT2D eigenvalue weighted by molar-refractivity contribution is 7.18. The van der Waals surface area contributed by atoms with Gasteiger partial charge in [0, 0.05) is 17.0 Å². The number of thiophene rings is 1. The molecule has 0 bridgehead atoms. The Morgan fingerprint density at radius 2 is 1.81 bits per heavy atom.